The largest absolute Gasteiger partial charge is 0.461 e. The second-order valence-electron chi connectivity index (χ2n) is 6.46. The number of anilines is 3. The molecule has 0 atom stereocenters. The van der Waals surface area contributed by atoms with Gasteiger partial charge in [-0.3, -0.25) is 0 Å². The average Bonchev–Trinajstić information content (AvgIpc) is 3.11. The fourth-order valence-corrected chi connectivity index (χ4v) is 3.18. The number of nitrogens with zero attached hydrogens (tertiary/aromatic N) is 2. The number of hydrogen-bond donors (Lipinski definition) is 3. The van der Waals surface area contributed by atoms with Crippen molar-refractivity contribution < 1.29 is 22.3 Å². The Balaban J connectivity index is 1.46. The van der Waals surface area contributed by atoms with Crippen LogP contribution in [0.3, 0.4) is 0 Å². The molecule has 160 valence electrons. The molecule has 0 spiro atoms. The summed E-state index contributed by atoms with van der Waals surface area (Å²) in [5.74, 6) is -0.173. The van der Waals surface area contributed by atoms with Crippen molar-refractivity contribution in [1.29, 1.82) is 0 Å². The van der Waals surface area contributed by atoms with Crippen LogP contribution >= 0.6 is 11.9 Å². The van der Waals surface area contributed by atoms with Gasteiger partial charge in [-0.15, -0.1) is 0 Å². The number of alkyl halides is 3. The molecule has 0 saturated carbocycles. The smallest absolute Gasteiger partial charge is 0.436 e. The van der Waals surface area contributed by atoms with E-state index in [9.17, 15) is 17.6 Å². The Labute approximate surface area is 178 Å². The number of rotatable bonds is 6. The highest BCUT2D eigenvalue weighted by Crippen LogP contribution is 2.32. The quantitative estimate of drug-likeness (QED) is 0.230. The third kappa shape index (κ3) is 5.18. The first-order valence-corrected chi connectivity index (χ1v) is 9.75. The topological polar surface area (TPSA) is 74.9 Å². The van der Waals surface area contributed by atoms with Crippen LogP contribution in [0.15, 0.2) is 54.7 Å². The highest BCUT2D eigenvalue weighted by Gasteiger charge is 2.28. The number of aromatic amines is 1. The van der Waals surface area contributed by atoms with Crippen LogP contribution in [-0.4, -0.2) is 20.5 Å². The van der Waals surface area contributed by atoms with Crippen molar-refractivity contribution in [2.75, 3.05) is 10.0 Å². The summed E-state index contributed by atoms with van der Waals surface area (Å²) in [5.41, 5.74) is -2.04. The maximum Gasteiger partial charge on any atom is 0.461 e. The van der Waals surface area contributed by atoms with Gasteiger partial charge in [0.1, 0.15) is 0 Å². The van der Waals surface area contributed by atoms with Gasteiger partial charge >= 0.3 is 5.51 Å². The summed E-state index contributed by atoms with van der Waals surface area (Å²) in [6, 6.07) is 12.5. The molecule has 31 heavy (non-hydrogen) atoms. The highest BCUT2D eigenvalue weighted by molar-refractivity contribution is 8.01. The van der Waals surface area contributed by atoms with E-state index in [-0.39, 0.29) is 35.2 Å². The molecule has 0 saturated heterocycles. The SMILES string of the molecule is Cc1cc2c(F)c(Oc3ccnc(Nc4ccc(NSC(F)(F)F)cc4)n3)ccc2[nH]1. The van der Waals surface area contributed by atoms with Gasteiger partial charge in [-0.25, -0.2) is 9.37 Å². The van der Waals surface area contributed by atoms with E-state index < -0.39 is 11.3 Å². The number of hydrogen-bond acceptors (Lipinski definition) is 6. The molecule has 0 aliphatic heterocycles. The lowest BCUT2D eigenvalue weighted by molar-refractivity contribution is -0.0323. The van der Waals surface area contributed by atoms with E-state index in [4.69, 9.17) is 4.74 Å². The van der Waals surface area contributed by atoms with E-state index in [1.165, 1.54) is 30.5 Å². The van der Waals surface area contributed by atoms with Crippen molar-refractivity contribution in [3.8, 4) is 11.6 Å². The maximum absolute atomic E-state index is 14.7. The molecule has 0 amide bonds. The predicted octanol–water partition coefficient (Wildman–Crippen LogP) is 6.52. The standard InChI is InChI=1S/C20H15F4N5OS/c1-11-10-14-15(26-11)6-7-16(18(14)21)30-17-8-9-25-19(28-17)27-12-2-4-13(5-3-12)29-31-20(22,23)24/h2-10,26,29H,1H3,(H,25,27,28). The average molecular weight is 449 g/mol. The maximum atomic E-state index is 14.7. The molecule has 4 rings (SSSR count). The third-order valence-electron chi connectivity index (χ3n) is 4.11. The summed E-state index contributed by atoms with van der Waals surface area (Å²) >= 11 is -0.342. The van der Waals surface area contributed by atoms with Crippen LogP contribution in [0.25, 0.3) is 10.9 Å². The fourth-order valence-electron chi connectivity index (χ4n) is 2.81. The molecular formula is C20H15F4N5OS. The van der Waals surface area contributed by atoms with Gasteiger partial charge in [-0.1, -0.05) is 0 Å². The van der Waals surface area contributed by atoms with Gasteiger partial charge in [0.15, 0.2) is 11.6 Å². The monoisotopic (exact) mass is 449 g/mol. The number of fused-ring (bicyclic) bond motifs is 1. The molecule has 0 radical (unpaired) electrons. The molecule has 0 aliphatic rings. The van der Waals surface area contributed by atoms with Crippen LogP contribution in [0.4, 0.5) is 34.9 Å². The van der Waals surface area contributed by atoms with Crippen LogP contribution in [0.1, 0.15) is 5.69 Å². The number of halogens is 4. The second kappa shape index (κ2) is 8.34. The van der Waals surface area contributed by atoms with E-state index in [1.54, 1.807) is 24.3 Å². The lowest BCUT2D eigenvalue weighted by atomic mass is 10.2. The summed E-state index contributed by atoms with van der Waals surface area (Å²) in [6.07, 6.45) is 1.44. The Kier molecular flexibility index (Phi) is 5.59. The van der Waals surface area contributed by atoms with E-state index in [1.807, 2.05) is 6.92 Å². The molecule has 6 nitrogen and oxygen atoms in total. The van der Waals surface area contributed by atoms with Crippen LogP contribution < -0.4 is 14.8 Å². The number of H-pyrrole nitrogens is 1. The van der Waals surface area contributed by atoms with Gasteiger partial charge in [0, 0.05) is 40.2 Å². The van der Waals surface area contributed by atoms with E-state index in [2.05, 4.69) is 25.0 Å². The lowest BCUT2D eigenvalue weighted by Crippen LogP contribution is -2.04. The minimum atomic E-state index is -4.38. The van der Waals surface area contributed by atoms with Gasteiger partial charge in [-0.2, -0.15) is 18.2 Å². The van der Waals surface area contributed by atoms with E-state index in [0.29, 0.717) is 16.6 Å². The lowest BCUT2D eigenvalue weighted by Gasteiger charge is -2.10. The Morgan fingerprint density at radius 3 is 2.52 bits per heavy atom. The molecule has 0 bridgehead atoms. The molecule has 11 heteroatoms. The summed E-state index contributed by atoms with van der Waals surface area (Å²) < 4.78 is 59.2. The number of ether oxygens (including phenoxy) is 1. The number of aryl methyl sites for hydroxylation is 1. The van der Waals surface area contributed by atoms with Crippen LogP contribution in [0, 0.1) is 12.7 Å². The predicted molar refractivity (Wildman–Crippen MR) is 112 cm³/mol. The van der Waals surface area contributed by atoms with E-state index in [0.717, 1.165) is 5.69 Å². The Morgan fingerprint density at radius 2 is 1.77 bits per heavy atom. The van der Waals surface area contributed by atoms with Crippen molar-refractivity contribution in [3.63, 3.8) is 0 Å². The van der Waals surface area contributed by atoms with Gasteiger partial charge in [-0.05, 0) is 49.4 Å². The zero-order valence-electron chi connectivity index (χ0n) is 15.9. The summed E-state index contributed by atoms with van der Waals surface area (Å²) in [5, 5.41) is 3.34. The number of nitrogens with one attached hydrogen (secondary N) is 3. The Morgan fingerprint density at radius 1 is 1.03 bits per heavy atom. The van der Waals surface area contributed by atoms with E-state index >= 15 is 0 Å². The number of benzene rings is 2. The first kappa shape index (κ1) is 20.8. The van der Waals surface area contributed by atoms with Gasteiger partial charge in [0.25, 0.3) is 0 Å². The zero-order chi connectivity index (χ0) is 22.0. The summed E-state index contributed by atoms with van der Waals surface area (Å²) in [4.78, 5) is 11.3. The molecule has 2 aromatic carbocycles. The third-order valence-corrected chi connectivity index (χ3v) is 4.68. The van der Waals surface area contributed by atoms with Gasteiger partial charge in [0.2, 0.25) is 11.8 Å². The van der Waals surface area contributed by atoms with Crippen LogP contribution in [0.2, 0.25) is 0 Å². The zero-order valence-corrected chi connectivity index (χ0v) is 16.7. The van der Waals surface area contributed by atoms with Crippen molar-refractivity contribution in [3.05, 3.63) is 66.2 Å². The molecule has 2 aromatic heterocycles. The molecule has 0 unspecified atom stereocenters. The molecule has 4 aromatic rings. The molecule has 0 aliphatic carbocycles. The molecular weight excluding hydrogens is 434 g/mol. The van der Waals surface area contributed by atoms with Crippen LogP contribution in [-0.2, 0) is 0 Å². The minimum absolute atomic E-state index is 0.0220. The van der Waals surface area contributed by atoms with Gasteiger partial charge in [0.05, 0.1) is 11.9 Å². The highest BCUT2D eigenvalue weighted by atomic mass is 32.2. The summed E-state index contributed by atoms with van der Waals surface area (Å²) in [6.45, 7) is 1.83. The normalized spacial score (nSPS) is 11.5. The Hall–Kier alpha value is -3.47. The second-order valence-corrected chi connectivity index (χ2v) is 7.34. The Bertz CT molecular complexity index is 1210. The molecule has 0 fully saturated rings. The first-order chi connectivity index (χ1) is 14.8. The number of aromatic nitrogens is 3. The van der Waals surface area contributed by atoms with Crippen molar-refractivity contribution in [2.45, 2.75) is 12.4 Å². The van der Waals surface area contributed by atoms with Crippen molar-refractivity contribution >= 4 is 40.2 Å². The van der Waals surface area contributed by atoms with Crippen LogP contribution in [0.5, 0.6) is 11.6 Å². The van der Waals surface area contributed by atoms with Crippen molar-refractivity contribution in [1.82, 2.24) is 15.0 Å². The molecule has 2 heterocycles. The first-order valence-electron chi connectivity index (χ1n) is 8.93. The molecule has 3 N–H and O–H groups in total. The fraction of sp³-hybridized carbons (Fsp3) is 0.100. The van der Waals surface area contributed by atoms with Gasteiger partial charge < -0.3 is 19.8 Å². The van der Waals surface area contributed by atoms with Crippen molar-refractivity contribution in [2.24, 2.45) is 0 Å². The minimum Gasteiger partial charge on any atom is -0.436 e. The summed E-state index contributed by atoms with van der Waals surface area (Å²) in [7, 11) is 0.